The minimum atomic E-state index is -3.69. The van der Waals surface area contributed by atoms with Gasteiger partial charge in [-0.2, -0.15) is 4.31 Å². The summed E-state index contributed by atoms with van der Waals surface area (Å²) < 4.78 is 26.2. The number of carbonyl (C=O) groups excluding carboxylic acids is 1. The first kappa shape index (κ1) is 16.0. The fraction of sp³-hybridized carbons (Fsp3) is 0.500. The molecule has 1 amide bonds. The van der Waals surface area contributed by atoms with Gasteiger partial charge in [-0.25, -0.2) is 8.42 Å². The van der Waals surface area contributed by atoms with E-state index in [2.05, 4.69) is 10.3 Å². The maximum absolute atomic E-state index is 12.4. The molecule has 2 rings (SSSR count). The van der Waals surface area contributed by atoms with E-state index in [1.807, 2.05) is 0 Å². The predicted molar refractivity (Wildman–Crippen MR) is 77.7 cm³/mol. The van der Waals surface area contributed by atoms with Crippen LogP contribution in [0.4, 0.5) is 0 Å². The number of nitrogens with zero attached hydrogens (tertiary/aromatic N) is 1. The number of halogens is 1. The molecule has 21 heavy (non-hydrogen) atoms. The van der Waals surface area contributed by atoms with Gasteiger partial charge >= 0.3 is 0 Å². The molecule has 1 aromatic heterocycles. The number of H-pyrrole nitrogens is 1. The van der Waals surface area contributed by atoms with Crippen LogP contribution in [0.1, 0.15) is 19.8 Å². The Kier molecular flexibility index (Phi) is 4.70. The van der Waals surface area contributed by atoms with Crippen molar-refractivity contribution in [2.45, 2.75) is 30.7 Å². The van der Waals surface area contributed by atoms with Crippen LogP contribution in [0.2, 0.25) is 5.02 Å². The lowest BCUT2D eigenvalue weighted by Gasteiger charge is -2.31. The molecule has 2 N–H and O–H groups in total. The third-order valence-electron chi connectivity index (χ3n) is 3.33. The highest BCUT2D eigenvalue weighted by molar-refractivity contribution is 7.89. The fourth-order valence-corrected chi connectivity index (χ4v) is 3.96. The minimum Gasteiger partial charge on any atom is -0.354 e. The zero-order valence-electron chi connectivity index (χ0n) is 11.4. The summed E-state index contributed by atoms with van der Waals surface area (Å²) in [5.74, 6) is -0.122. The van der Waals surface area contributed by atoms with E-state index in [0.717, 1.165) is 12.3 Å². The molecule has 1 aliphatic rings. The van der Waals surface area contributed by atoms with Gasteiger partial charge in [0.05, 0.1) is 4.90 Å². The largest absolute Gasteiger partial charge is 0.354 e. The van der Waals surface area contributed by atoms with Crippen molar-refractivity contribution in [2.75, 3.05) is 13.1 Å². The van der Waals surface area contributed by atoms with Crippen LogP contribution in [0.15, 0.2) is 22.0 Å². The van der Waals surface area contributed by atoms with Crippen LogP contribution in [-0.4, -0.2) is 42.7 Å². The molecule has 1 fully saturated rings. The van der Waals surface area contributed by atoms with Gasteiger partial charge in [0.2, 0.25) is 15.9 Å². The summed E-state index contributed by atoms with van der Waals surface area (Å²) in [7, 11) is -3.69. The lowest BCUT2D eigenvalue weighted by molar-refractivity contribution is -0.119. The normalized spacial score (nSPS) is 17.6. The van der Waals surface area contributed by atoms with E-state index < -0.39 is 15.6 Å². The number of piperidine rings is 1. The monoisotopic (exact) mass is 333 g/mol. The number of carbonyl (C=O) groups is 1. The Morgan fingerprint density at radius 1 is 1.43 bits per heavy atom. The number of rotatable bonds is 3. The van der Waals surface area contributed by atoms with Gasteiger partial charge in [-0.1, -0.05) is 11.6 Å². The second-order valence-electron chi connectivity index (χ2n) is 4.89. The summed E-state index contributed by atoms with van der Waals surface area (Å²) in [5.41, 5.74) is -0.528. The van der Waals surface area contributed by atoms with Gasteiger partial charge in [0, 0.05) is 32.3 Å². The molecule has 0 radical (unpaired) electrons. The first-order chi connectivity index (χ1) is 9.80. The molecule has 0 bridgehead atoms. The Morgan fingerprint density at radius 3 is 2.57 bits per heavy atom. The van der Waals surface area contributed by atoms with E-state index in [4.69, 9.17) is 11.6 Å². The minimum absolute atomic E-state index is 0.00637. The van der Waals surface area contributed by atoms with Gasteiger partial charge in [-0.3, -0.25) is 9.59 Å². The number of hydrogen-bond donors (Lipinski definition) is 2. The second-order valence-corrected chi connectivity index (χ2v) is 7.24. The molecule has 0 aliphatic carbocycles. The maximum Gasteiger partial charge on any atom is 0.266 e. The summed E-state index contributed by atoms with van der Waals surface area (Å²) in [6, 6.07) is 1.14. The molecule has 1 aliphatic heterocycles. The van der Waals surface area contributed by atoms with Crippen LogP contribution < -0.4 is 10.9 Å². The van der Waals surface area contributed by atoms with E-state index >= 15 is 0 Å². The Morgan fingerprint density at radius 2 is 2.05 bits per heavy atom. The highest BCUT2D eigenvalue weighted by Crippen LogP contribution is 2.21. The Bertz CT molecular complexity index is 693. The summed E-state index contributed by atoms with van der Waals surface area (Å²) >= 11 is 5.67. The topological polar surface area (TPSA) is 99.3 Å². The highest BCUT2D eigenvalue weighted by Gasteiger charge is 2.30. The molecule has 0 atom stereocenters. The lowest BCUT2D eigenvalue weighted by Crippen LogP contribution is -2.46. The number of hydrogen-bond acceptors (Lipinski definition) is 4. The number of pyridine rings is 1. The zero-order chi connectivity index (χ0) is 15.6. The number of aromatic nitrogens is 1. The van der Waals surface area contributed by atoms with Gasteiger partial charge in [-0.15, -0.1) is 0 Å². The molecular formula is C12H16ClN3O4S. The Balaban J connectivity index is 2.13. The quantitative estimate of drug-likeness (QED) is 0.832. The number of aromatic amines is 1. The van der Waals surface area contributed by atoms with Crippen LogP contribution in [0.25, 0.3) is 0 Å². The molecule has 2 heterocycles. The van der Waals surface area contributed by atoms with E-state index in [9.17, 15) is 18.0 Å². The molecule has 116 valence electrons. The SMILES string of the molecule is CC(=O)NC1CCN(S(=O)(=O)c2c[nH]c(=O)c(Cl)c2)CC1. The molecule has 9 heteroatoms. The van der Waals surface area contributed by atoms with Crippen LogP contribution in [0, 0.1) is 0 Å². The molecule has 0 unspecified atom stereocenters. The average molecular weight is 334 g/mol. The van der Waals surface area contributed by atoms with Crippen molar-refractivity contribution >= 4 is 27.5 Å². The van der Waals surface area contributed by atoms with Gasteiger partial charge in [0.1, 0.15) is 5.02 Å². The van der Waals surface area contributed by atoms with Crippen molar-refractivity contribution in [2.24, 2.45) is 0 Å². The van der Waals surface area contributed by atoms with Gasteiger partial charge in [0.25, 0.3) is 5.56 Å². The predicted octanol–water partition coefficient (Wildman–Crippen LogP) is 0.317. The van der Waals surface area contributed by atoms with Crippen molar-refractivity contribution in [3.63, 3.8) is 0 Å². The number of sulfonamides is 1. The van der Waals surface area contributed by atoms with Crippen LogP contribution in [-0.2, 0) is 14.8 Å². The van der Waals surface area contributed by atoms with Crippen LogP contribution >= 0.6 is 11.6 Å². The van der Waals surface area contributed by atoms with Gasteiger partial charge in [-0.05, 0) is 18.9 Å². The van der Waals surface area contributed by atoms with Crippen LogP contribution in [0.5, 0.6) is 0 Å². The Hall–Kier alpha value is -1.38. The standard InChI is InChI=1S/C12H16ClN3O4S/c1-8(17)15-9-2-4-16(5-3-9)21(19,20)10-6-11(13)12(18)14-7-10/h6-7,9H,2-5H2,1H3,(H,14,18)(H,15,17). The second kappa shape index (κ2) is 6.17. The first-order valence-electron chi connectivity index (χ1n) is 6.46. The van der Waals surface area contributed by atoms with E-state index in [1.165, 1.54) is 11.2 Å². The fourth-order valence-electron chi connectivity index (χ4n) is 2.26. The number of amides is 1. The molecule has 7 nitrogen and oxygen atoms in total. The first-order valence-corrected chi connectivity index (χ1v) is 8.28. The Labute approximate surface area is 127 Å². The third kappa shape index (κ3) is 3.63. The summed E-state index contributed by atoms with van der Waals surface area (Å²) in [4.78, 5) is 24.4. The van der Waals surface area contributed by atoms with Crippen LogP contribution in [0.3, 0.4) is 0 Å². The maximum atomic E-state index is 12.4. The van der Waals surface area contributed by atoms with E-state index in [1.54, 1.807) is 0 Å². The molecule has 1 saturated heterocycles. The van der Waals surface area contributed by atoms with Crippen molar-refractivity contribution in [1.29, 1.82) is 0 Å². The van der Waals surface area contributed by atoms with Crippen molar-refractivity contribution in [1.82, 2.24) is 14.6 Å². The van der Waals surface area contributed by atoms with Gasteiger partial charge in [0.15, 0.2) is 0 Å². The summed E-state index contributed by atoms with van der Waals surface area (Å²) in [6.45, 7) is 2.06. The van der Waals surface area contributed by atoms with E-state index in [-0.39, 0.29) is 21.9 Å². The third-order valence-corrected chi connectivity index (χ3v) is 5.49. The number of nitrogens with one attached hydrogen (secondary N) is 2. The van der Waals surface area contributed by atoms with Crippen molar-refractivity contribution < 1.29 is 13.2 Å². The smallest absolute Gasteiger partial charge is 0.266 e. The molecule has 0 aromatic carbocycles. The van der Waals surface area contributed by atoms with E-state index in [0.29, 0.717) is 25.9 Å². The molecular weight excluding hydrogens is 318 g/mol. The molecule has 0 spiro atoms. The average Bonchev–Trinajstić information content (AvgIpc) is 2.41. The van der Waals surface area contributed by atoms with Crippen molar-refractivity contribution in [3.05, 3.63) is 27.6 Å². The zero-order valence-corrected chi connectivity index (χ0v) is 13.0. The summed E-state index contributed by atoms with van der Waals surface area (Å²) in [5, 5.41) is 2.62. The van der Waals surface area contributed by atoms with Crippen molar-refractivity contribution in [3.8, 4) is 0 Å². The summed E-state index contributed by atoms with van der Waals surface area (Å²) in [6.07, 6.45) is 2.25. The molecule has 0 saturated carbocycles. The van der Waals surface area contributed by atoms with Gasteiger partial charge < -0.3 is 10.3 Å². The molecule has 1 aromatic rings. The highest BCUT2D eigenvalue weighted by atomic mass is 35.5. The lowest BCUT2D eigenvalue weighted by atomic mass is 10.1.